The van der Waals surface area contributed by atoms with Gasteiger partial charge in [-0.05, 0) is 37.1 Å². The van der Waals surface area contributed by atoms with E-state index in [0.29, 0.717) is 30.4 Å². The van der Waals surface area contributed by atoms with Gasteiger partial charge in [0.15, 0.2) is 0 Å². The number of pyridine rings is 1. The maximum atomic E-state index is 13.1. The van der Waals surface area contributed by atoms with Crippen LogP contribution in [0.25, 0.3) is 11.4 Å². The van der Waals surface area contributed by atoms with Gasteiger partial charge >= 0.3 is 11.7 Å². The number of rotatable bonds is 5. The molecule has 160 valence electrons. The predicted molar refractivity (Wildman–Crippen MR) is 106 cm³/mol. The Morgan fingerprint density at radius 1 is 1.35 bits per heavy atom. The van der Waals surface area contributed by atoms with Crippen LogP contribution in [0.1, 0.15) is 35.0 Å². The zero-order valence-corrected chi connectivity index (χ0v) is 16.5. The van der Waals surface area contributed by atoms with Crippen molar-refractivity contribution >= 4 is 17.5 Å². The molecule has 1 atom stereocenters. The van der Waals surface area contributed by atoms with Crippen LogP contribution >= 0.6 is 0 Å². The van der Waals surface area contributed by atoms with Crippen molar-refractivity contribution < 1.29 is 23.4 Å². The molecule has 2 aromatic heterocycles. The second kappa shape index (κ2) is 8.46. The predicted octanol–water partition coefficient (Wildman–Crippen LogP) is 3.35. The minimum atomic E-state index is -0.696. The van der Waals surface area contributed by atoms with Crippen LogP contribution in [0.3, 0.4) is 0 Å². The van der Waals surface area contributed by atoms with Gasteiger partial charge in [0.1, 0.15) is 5.82 Å². The number of carbonyl (C=O) groups excluding carboxylic acids is 1. The minimum Gasteiger partial charge on any atom is -0.465 e. The van der Waals surface area contributed by atoms with Crippen LogP contribution in [0, 0.1) is 15.9 Å². The first-order chi connectivity index (χ1) is 15.0. The lowest BCUT2D eigenvalue weighted by Crippen LogP contribution is -2.35. The average molecular weight is 427 g/mol. The number of nitrogens with zero attached hydrogens (tertiary/aromatic N) is 5. The topological polar surface area (TPSA) is 124 Å². The summed E-state index contributed by atoms with van der Waals surface area (Å²) in [7, 11) is 1.20. The molecule has 0 radical (unpaired) electrons. The van der Waals surface area contributed by atoms with Crippen molar-refractivity contribution in [3.05, 3.63) is 63.9 Å². The van der Waals surface area contributed by atoms with E-state index in [9.17, 15) is 19.3 Å². The summed E-state index contributed by atoms with van der Waals surface area (Å²) >= 11 is 0. The number of benzene rings is 1. The van der Waals surface area contributed by atoms with Crippen LogP contribution in [0.4, 0.5) is 15.9 Å². The van der Waals surface area contributed by atoms with Crippen molar-refractivity contribution in [2.75, 3.05) is 25.1 Å². The first-order valence-electron chi connectivity index (χ1n) is 9.53. The van der Waals surface area contributed by atoms with Crippen LogP contribution in [-0.4, -0.2) is 46.2 Å². The molecule has 31 heavy (non-hydrogen) atoms. The van der Waals surface area contributed by atoms with Crippen molar-refractivity contribution in [2.45, 2.75) is 18.8 Å². The summed E-state index contributed by atoms with van der Waals surface area (Å²) in [6.07, 6.45) is 2.75. The highest BCUT2D eigenvalue weighted by Crippen LogP contribution is 2.34. The number of ether oxygens (including phenoxy) is 1. The highest BCUT2D eigenvalue weighted by atomic mass is 19.1. The molecule has 0 spiro atoms. The van der Waals surface area contributed by atoms with E-state index in [-0.39, 0.29) is 28.8 Å². The van der Waals surface area contributed by atoms with Gasteiger partial charge in [0.25, 0.3) is 0 Å². The molecule has 3 aromatic rings. The Balaban J connectivity index is 1.57. The van der Waals surface area contributed by atoms with Crippen LogP contribution in [0.5, 0.6) is 0 Å². The Morgan fingerprint density at radius 2 is 2.13 bits per heavy atom. The Labute approximate surface area is 175 Å². The Hall–Kier alpha value is -3.89. The van der Waals surface area contributed by atoms with Gasteiger partial charge in [0.05, 0.1) is 23.5 Å². The molecule has 3 heterocycles. The first-order valence-corrected chi connectivity index (χ1v) is 9.53. The third kappa shape index (κ3) is 4.20. The number of hydrogen-bond donors (Lipinski definition) is 0. The lowest BCUT2D eigenvalue weighted by Gasteiger charge is -2.31. The Morgan fingerprint density at radius 3 is 2.84 bits per heavy atom. The highest BCUT2D eigenvalue weighted by Gasteiger charge is 2.31. The van der Waals surface area contributed by atoms with Gasteiger partial charge in [-0.15, -0.1) is 0 Å². The molecule has 0 saturated carbocycles. The zero-order chi connectivity index (χ0) is 22.0. The summed E-state index contributed by atoms with van der Waals surface area (Å²) in [6.45, 7) is 0.942. The summed E-state index contributed by atoms with van der Waals surface area (Å²) in [6, 6.07) is 6.92. The summed E-state index contributed by atoms with van der Waals surface area (Å²) in [5.74, 6) is -0.296. The smallest absolute Gasteiger partial charge is 0.339 e. The van der Waals surface area contributed by atoms with Crippen LogP contribution in [0.15, 0.2) is 41.1 Å². The van der Waals surface area contributed by atoms with Gasteiger partial charge in [-0.25, -0.2) is 14.2 Å². The van der Waals surface area contributed by atoms with E-state index in [1.54, 1.807) is 17.0 Å². The molecule has 0 amide bonds. The Kier molecular flexibility index (Phi) is 5.56. The van der Waals surface area contributed by atoms with E-state index in [4.69, 9.17) is 4.52 Å². The lowest BCUT2D eigenvalue weighted by atomic mass is 9.97. The number of halogens is 1. The van der Waals surface area contributed by atoms with Crippen molar-refractivity contribution in [2.24, 2.45) is 0 Å². The molecule has 1 fully saturated rings. The number of esters is 1. The number of carbonyl (C=O) groups is 1. The van der Waals surface area contributed by atoms with E-state index in [0.717, 1.165) is 18.9 Å². The normalized spacial score (nSPS) is 16.2. The molecule has 1 aromatic carbocycles. The summed E-state index contributed by atoms with van der Waals surface area (Å²) in [5.41, 5.74) is 0.355. The van der Waals surface area contributed by atoms with Crippen LogP contribution in [-0.2, 0) is 4.74 Å². The largest absolute Gasteiger partial charge is 0.465 e. The van der Waals surface area contributed by atoms with E-state index in [1.165, 1.54) is 25.4 Å². The third-order valence-corrected chi connectivity index (χ3v) is 5.08. The molecule has 1 aliphatic rings. The molecule has 1 unspecified atom stereocenters. The van der Waals surface area contributed by atoms with Crippen LogP contribution in [0.2, 0.25) is 0 Å². The molecular formula is C20H18FN5O5. The van der Waals surface area contributed by atoms with E-state index >= 15 is 0 Å². The summed E-state index contributed by atoms with van der Waals surface area (Å²) in [5, 5.41) is 15.6. The van der Waals surface area contributed by atoms with Gasteiger partial charge in [-0.3, -0.25) is 10.1 Å². The maximum Gasteiger partial charge on any atom is 0.339 e. The molecule has 0 N–H and O–H groups in total. The number of aromatic nitrogens is 3. The van der Waals surface area contributed by atoms with E-state index in [1.807, 2.05) is 0 Å². The number of anilines is 1. The summed E-state index contributed by atoms with van der Waals surface area (Å²) in [4.78, 5) is 33.1. The molecule has 4 rings (SSSR count). The van der Waals surface area contributed by atoms with E-state index < -0.39 is 10.9 Å². The molecule has 1 aliphatic heterocycles. The monoisotopic (exact) mass is 427 g/mol. The van der Waals surface area contributed by atoms with Crippen molar-refractivity contribution in [1.29, 1.82) is 0 Å². The second-order valence-electron chi connectivity index (χ2n) is 7.06. The Bertz CT molecular complexity index is 1120. The van der Waals surface area contributed by atoms with Gasteiger partial charge < -0.3 is 14.2 Å². The molecule has 0 bridgehead atoms. The maximum absolute atomic E-state index is 13.1. The summed E-state index contributed by atoms with van der Waals surface area (Å²) < 4.78 is 23.2. The average Bonchev–Trinajstić information content (AvgIpc) is 3.29. The van der Waals surface area contributed by atoms with E-state index in [2.05, 4.69) is 19.9 Å². The highest BCUT2D eigenvalue weighted by molar-refractivity contribution is 5.90. The van der Waals surface area contributed by atoms with Gasteiger partial charge in [-0.1, -0.05) is 5.16 Å². The zero-order valence-electron chi connectivity index (χ0n) is 16.5. The fraction of sp³-hybridized carbons (Fsp3) is 0.300. The number of nitro groups is 1. The lowest BCUT2D eigenvalue weighted by molar-refractivity contribution is -0.384. The molecular weight excluding hydrogens is 409 g/mol. The van der Waals surface area contributed by atoms with Crippen molar-refractivity contribution in [3.63, 3.8) is 0 Å². The van der Waals surface area contributed by atoms with Crippen molar-refractivity contribution in [1.82, 2.24) is 15.1 Å². The molecule has 11 heteroatoms. The van der Waals surface area contributed by atoms with Gasteiger partial charge in [-0.2, -0.15) is 4.98 Å². The van der Waals surface area contributed by atoms with Crippen molar-refractivity contribution in [3.8, 4) is 11.4 Å². The quantitative estimate of drug-likeness (QED) is 0.342. The molecule has 0 aliphatic carbocycles. The molecule has 10 nitrogen and oxygen atoms in total. The fourth-order valence-corrected chi connectivity index (χ4v) is 3.54. The SMILES string of the molecule is COC(=O)c1cnc(N2CCCC(c3nc(-c4ccc(F)cc4)no3)C2)c([N+](=O)[O-])c1. The molecule has 1 saturated heterocycles. The van der Waals surface area contributed by atoms with Gasteiger partial charge in [0.2, 0.25) is 17.5 Å². The van der Waals surface area contributed by atoms with Crippen LogP contribution < -0.4 is 4.90 Å². The first kappa shape index (κ1) is 20.4. The number of piperidine rings is 1. The minimum absolute atomic E-state index is 0.00681. The number of methoxy groups -OCH3 is 1. The fourth-order valence-electron chi connectivity index (χ4n) is 3.54. The third-order valence-electron chi connectivity index (χ3n) is 5.08. The van der Waals surface area contributed by atoms with Gasteiger partial charge in [0, 0.05) is 30.9 Å². The number of hydrogen-bond acceptors (Lipinski definition) is 9. The second-order valence-corrected chi connectivity index (χ2v) is 7.06. The standard InChI is InChI=1S/C20H18FN5O5/c1-30-20(27)14-9-16(26(28)29)18(22-10-14)25-8-2-3-13(11-25)19-23-17(24-31-19)12-4-6-15(21)7-5-12/h4-7,9-10,13H,2-3,8,11H2,1H3.